The molecule has 1 aromatic heterocycles. The average molecular weight is 213 g/mol. The predicted molar refractivity (Wildman–Crippen MR) is 61.6 cm³/mol. The summed E-state index contributed by atoms with van der Waals surface area (Å²) in [6, 6.07) is 3.86. The lowest BCUT2D eigenvalue weighted by Gasteiger charge is -2.16. The quantitative estimate of drug-likeness (QED) is 0.792. The van der Waals surface area contributed by atoms with Gasteiger partial charge in [-0.25, -0.2) is 0 Å². The molecular formula is C11H19NOS. The van der Waals surface area contributed by atoms with Crippen molar-refractivity contribution in [2.45, 2.75) is 45.3 Å². The van der Waals surface area contributed by atoms with Crippen LogP contribution in [-0.4, -0.2) is 11.2 Å². The van der Waals surface area contributed by atoms with Gasteiger partial charge in [0.1, 0.15) is 0 Å². The molecule has 0 unspecified atom stereocenters. The molecule has 2 nitrogen and oxygen atoms in total. The lowest BCUT2D eigenvalue weighted by molar-refractivity contribution is 0.165. The maximum Gasteiger partial charge on any atom is 0.0712 e. The van der Waals surface area contributed by atoms with E-state index < -0.39 is 6.10 Å². The highest BCUT2D eigenvalue weighted by atomic mass is 32.1. The molecular weight excluding hydrogens is 194 g/mol. The van der Waals surface area contributed by atoms with Crippen LogP contribution in [0.4, 0.5) is 0 Å². The van der Waals surface area contributed by atoms with Crippen molar-refractivity contribution in [1.82, 2.24) is 0 Å². The Balaban J connectivity index is 2.89. The first kappa shape index (κ1) is 11.7. The third-order valence-electron chi connectivity index (χ3n) is 2.21. The third kappa shape index (κ3) is 2.56. The van der Waals surface area contributed by atoms with Crippen molar-refractivity contribution < 1.29 is 5.11 Å². The second-order valence-electron chi connectivity index (χ2n) is 4.72. The highest BCUT2D eigenvalue weighted by molar-refractivity contribution is 7.12. The van der Waals surface area contributed by atoms with Crippen molar-refractivity contribution >= 4 is 11.3 Å². The van der Waals surface area contributed by atoms with E-state index in [2.05, 4.69) is 26.8 Å². The standard InChI is InChI=1S/C11H19NOS/c1-7(13)10(12)8-5-6-9(14-8)11(2,3)4/h5-7,10,13H,12H2,1-4H3/t7-,10+/m1/s1. The summed E-state index contributed by atoms with van der Waals surface area (Å²) in [6.07, 6.45) is -0.485. The average Bonchev–Trinajstić information content (AvgIpc) is 2.49. The minimum Gasteiger partial charge on any atom is -0.391 e. The molecule has 0 saturated carbocycles. The smallest absolute Gasteiger partial charge is 0.0712 e. The van der Waals surface area contributed by atoms with Gasteiger partial charge in [0.05, 0.1) is 12.1 Å². The van der Waals surface area contributed by atoms with Gasteiger partial charge in [-0.3, -0.25) is 0 Å². The van der Waals surface area contributed by atoms with Crippen molar-refractivity contribution in [1.29, 1.82) is 0 Å². The minimum atomic E-state index is -0.485. The maximum atomic E-state index is 9.37. The Kier molecular flexibility index (Phi) is 3.35. The molecule has 1 heterocycles. The Morgan fingerprint density at radius 2 is 1.93 bits per heavy atom. The largest absolute Gasteiger partial charge is 0.391 e. The van der Waals surface area contributed by atoms with Crippen molar-refractivity contribution in [3.63, 3.8) is 0 Å². The SMILES string of the molecule is C[C@@H](O)[C@H](N)c1ccc(C(C)(C)C)s1. The number of aliphatic hydroxyl groups excluding tert-OH is 1. The second-order valence-corrected chi connectivity index (χ2v) is 5.83. The minimum absolute atomic E-state index is 0.168. The molecule has 0 aliphatic heterocycles. The lowest BCUT2D eigenvalue weighted by atomic mass is 9.95. The monoisotopic (exact) mass is 213 g/mol. The van der Waals surface area contributed by atoms with E-state index in [4.69, 9.17) is 5.73 Å². The summed E-state index contributed by atoms with van der Waals surface area (Å²) in [5.41, 5.74) is 6.02. The molecule has 0 radical (unpaired) electrons. The molecule has 0 spiro atoms. The van der Waals surface area contributed by atoms with Crippen LogP contribution in [0.3, 0.4) is 0 Å². The van der Waals surface area contributed by atoms with Gasteiger partial charge >= 0.3 is 0 Å². The Labute approximate surface area is 89.8 Å². The molecule has 0 aromatic carbocycles. The zero-order chi connectivity index (χ0) is 10.9. The molecule has 80 valence electrons. The van der Waals surface area contributed by atoms with Crippen LogP contribution in [0, 0.1) is 0 Å². The van der Waals surface area contributed by atoms with Gasteiger partial charge in [-0.1, -0.05) is 20.8 Å². The third-order valence-corrected chi connectivity index (χ3v) is 3.83. The van der Waals surface area contributed by atoms with Gasteiger partial charge in [0, 0.05) is 9.75 Å². The van der Waals surface area contributed by atoms with Crippen molar-refractivity contribution in [2.24, 2.45) is 5.73 Å². The first-order valence-electron chi connectivity index (χ1n) is 4.86. The fourth-order valence-corrected chi connectivity index (χ4v) is 2.34. The molecule has 3 heteroatoms. The highest BCUT2D eigenvalue weighted by Crippen LogP contribution is 2.32. The zero-order valence-electron chi connectivity index (χ0n) is 9.24. The van der Waals surface area contributed by atoms with E-state index >= 15 is 0 Å². The Bertz CT molecular complexity index is 298. The van der Waals surface area contributed by atoms with Gasteiger partial charge in [0.2, 0.25) is 0 Å². The van der Waals surface area contributed by atoms with Crippen LogP contribution < -0.4 is 5.73 Å². The molecule has 0 amide bonds. The normalized spacial score (nSPS) is 16.7. The molecule has 3 N–H and O–H groups in total. The fourth-order valence-electron chi connectivity index (χ4n) is 1.17. The second kappa shape index (κ2) is 4.01. The fraction of sp³-hybridized carbons (Fsp3) is 0.636. The molecule has 0 aliphatic rings. The van der Waals surface area contributed by atoms with Crippen molar-refractivity contribution in [2.75, 3.05) is 0 Å². The zero-order valence-corrected chi connectivity index (χ0v) is 10.1. The van der Waals surface area contributed by atoms with Gasteiger partial charge < -0.3 is 10.8 Å². The summed E-state index contributed by atoms with van der Waals surface area (Å²) in [6.45, 7) is 8.25. The molecule has 0 aliphatic carbocycles. The van der Waals surface area contributed by atoms with E-state index in [1.807, 2.05) is 6.07 Å². The molecule has 1 rings (SSSR count). The number of rotatable bonds is 2. The van der Waals surface area contributed by atoms with Crippen LogP contribution in [0.2, 0.25) is 0 Å². The van der Waals surface area contributed by atoms with E-state index in [9.17, 15) is 5.11 Å². The van der Waals surface area contributed by atoms with Crippen LogP contribution in [0.5, 0.6) is 0 Å². The topological polar surface area (TPSA) is 46.2 Å². The van der Waals surface area contributed by atoms with Gasteiger partial charge in [-0.05, 0) is 24.5 Å². The van der Waals surface area contributed by atoms with Crippen LogP contribution in [0.25, 0.3) is 0 Å². The lowest BCUT2D eigenvalue weighted by Crippen LogP contribution is -2.22. The number of nitrogens with two attached hydrogens (primary N) is 1. The number of aliphatic hydroxyl groups is 1. The van der Waals surface area contributed by atoms with Crippen LogP contribution in [0.1, 0.15) is 43.5 Å². The van der Waals surface area contributed by atoms with E-state index in [1.54, 1.807) is 18.3 Å². The first-order valence-corrected chi connectivity index (χ1v) is 5.68. The van der Waals surface area contributed by atoms with Crippen molar-refractivity contribution in [3.8, 4) is 0 Å². The number of hydrogen-bond donors (Lipinski definition) is 2. The molecule has 0 saturated heterocycles. The summed E-state index contributed by atoms with van der Waals surface area (Å²) in [4.78, 5) is 2.37. The molecule has 2 atom stereocenters. The van der Waals surface area contributed by atoms with Crippen molar-refractivity contribution in [3.05, 3.63) is 21.9 Å². The van der Waals surface area contributed by atoms with E-state index in [0.717, 1.165) is 4.88 Å². The van der Waals surface area contributed by atoms with Gasteiger partial charge in [0.25, 0.3) is 0 Å². The number of thiophene rings is 1. The maximum absolute atomic E-state index is 9.37. The van der Waals surface area contributed by atoms with E-state index in [1.165, 1.54) is 4.88 Å². The van der Waals surface area contributed by atoms with Crippen LogP contribution >= 0.6 is 11.3 Å². The first-order chi connectivity index (χ1) is 6.32. The summed E-state index contributed by atoms with van der Waals surface area (Å²) >= 11 is 1.69. The molecule has 14 heavy (non-hydrogen) atoms. The van der Waals surface area contributed by atoms with Gasteiger partial charge in [-0.2, -0.15) is 0 Å². The summed E-state index contributed by atoms with van der Waals surface area (Å²) < 4.78 is 0. The Morgan fingerprint density at radius 3 is 2.29 bits per heavy atom. The summed E-state index contributed by atoms with van der Waals surface area (Å²) in [5.74, 6) is 0. The molecule has 0 fully saturated rings. The Hall–Kier alpha value is -0.380. The number of hydrogen-bond acceptors (Lipinski definition) is 3. The van der Waals surface area contributed by atoms with Gasteiger partial charge in [-0.15, -0.1) is 11.3 Å². The van der Waals surface area contributed by atoms with Gasteiger partial charge in [0.15, 0.2) is 0 Å². The van der Waals surface area contributed by atoms with E-state index in [-0.39, 0.29) is 11.5 Å². The Morgan fingerprint density at radius 1 is 1.36 bits per heavy atom. The highest BCUT2D eigenvalue weighted by Gasteiger charge is 2.19. The molecule has 1 aromatic rings. The molecule has 0 bridgehead atoms. The summed E-state index contributed by atoms with van der Waals surface area (Å²) in [5, 5.41) is 9.37. The van der Waals surface area contributed by atoms with Crippen LogP contribution in [0.15, 0.2) is 12.1 Å². The van der Waals surface area contributed by atoms with Crippen LogP contribution in [-0.2, 0) is 5.41 Å². The summed E-state index contributed by atoms with van der Waals surface area (Å²) in [7, 11) is 0. The van der Waals surface area contributed by atoms with E-state index in [0.29, 0.717) is 0 Å². The predicted octanol–water partition coefficient (Wildman–Crippen LogP) is 2.43.